The summed E-state index contributed by atoms with van der Waals surface area (Å²) in [5.74, 6) is 0.883. The Morgan fingerprint density at radius 3 is 2.55 bits per heavy atom. The molecule has 0 aliphatic carbocycles. The summed E-state index contributed by atoms with van der Waals surface area (Å²) in [4.78, 5) is 17.2. The Bertz CT molecular complexity index is 935. The Labute approximate surface area is 178 Å². The highest BCUT2D eigenvalue weighted by Gasteiger charge is 2.12. The maximum atomic E-state index is 12.4. The summed E-state index contributed by atoms with van der Waals surface area (Å²) in [6.45, 7) is 3.75. The van der Waals surface area contributed by atoms with Gasteiger partial charge in [0.1, 0.15) is 5.82 Å². The van der Waals surface area contributed by atoms with Crippen LogP contribution in [0.15, 0.2) is 48.5 Å². The average molecular weight is 412 g/mol. The van der Waals surface area contributed by atoms with Crippen LogP contribution in [0.3, 0.4) is 0 Å². The van der Waals surface area contributed by atoms with E-state index < -0.39 is 0 Å². The summed E-state index contributed by atoms with van der Waals surface area (Å²) < 4.78 is 2.32. The minimum atomic E-state index is -0.144. The summed E-state index contributed by atoms with van der Waals surface area (Å²) in [6.07, 6.45) is 8.31. The van der Waals surface area contributed by atoms with Gasteiger partial charge in [0.15, 0.2) is 0 Å². The van der Waals surface area contributed by atoms with Crippen molar-refractivity contribution in [1.82, 2.24) is 14.9 Å². The van der Waals surface area contributed by atoms with Crippen molar-refractivity contribution >= 4 is 28.5 Å². The molecule has 0 aliphatic heterocycles. The third kappa shape index (κ3) is 5.83. The molecule has 1 amide bonds. The molecular weight excluding hydrogens is 382 g/mol. The number of nitrogens with zero attached hydrogens (tertiary/aromatic N) is 2. The van der Waals surface area contributed by atoms with Crippen LogP contribution in [0.2, 0.25) is 5.02 Å². The van der Waals surface area contributed by atoms with Gasteiger partial charge < -0.3 is 9.88 Å². The molecule has 1 heterocycles. The zero-order valence-electron chi connectivity index (χ0n) is 17.2. The molecule has 0 aliphatic rings. The predicted molar refractivity (Wildman–Crippen MR) is 121 cm³/mol. The summed E-state index contributed by atoms with van der Waals surface area (Å²) >= 11 is 6.12. The van der Waals surface area contributed by atoms with Crippen molar-refractivity contribution in [3.63, 3.8) is 0 Å². The van der Waals surface area contributed by atoms with E-state index in [1.54, 1.807) is 12.1 Å². The van der Waals surface area contributed by atoms with Gasteiger partial charge in [-0.1, -0.05) is 74.9 Å². The molecule has 0 saturated carbocycles. The van der Waals surface area contributed by atoms with Gasteiger partial charge in [-0.15, -0.1) is 0 Å². The monoisotopic (exact) mass is 411 g/mol. The number of para-hydroxylation sites is 2. The van der Waals surface area contributed by atoms with E-state index in [1.807, 2.05) is 18.2 Å². The van der Waals surface area contributed by atoms with Gasteiger partial charge in [0.2, 0.25) is 0 Å². The lowest BCUT2D eigenvalue weighted by Crippen LogP contribution is -2.26. The molecule has 0 spiro atoms. The molecule has 0 atom stereocenters. The van der Waals surface area contributed by atoms with Gasteiger partial charge in [-0.25, -0.2) is 4.98 Å². The largest absolute Gasteiger partial charge is 0.352 e. The number of hydrogen-bond acceptors (Lipinski definition) is 2. The summed E-state index contributed by atoms with van der Waals surface area (Å²) in [5, 5.41) is 3.45. The number of carbonyl (C=O) groups is 1. The molecule has 3 rings (SSSR count). The van der Waals surface area contributed by atoms with Gasteiger partial charge in [0.25, 0.3) is 5.91 Å². The number of hydrogen-bond donors (Lipinski definition) is 1. The van der Waals surface area contributed by atoms with Gasteiger partial charge in [0, 0.05) is 19.5 Å². The standard InChI is InChI=1S/C24H30ClN3O/c1-2-3-4-5-6-11-18-28-22-15-10-9-14-21(22)27-23(28)16-17-26-24(29)19-12-7-8-13-20(19)25/h7-10,12-15H,2-6,11,16-18H2,1H3,(H,26,29). The van der Waals surface area contributed by atoms with Crippen LogP contribution >= 0.6 is 11.6 Å². The van der Waals surface area contributed by atoms with Crippen LogP contribution in [0.5, 0.6) is 0 Å². The normalized spacial score (nSPS) is 11.1. The molecule has 29 heavy (non-hydrogen) atoms. The zero-order valence-corrected chi connectivity index (χ0v) is 17.9. The van der Waals surface area contributed by atoms with Gasteiger partial charge >= 0.3 is 0 Å². The fourth-order valence-corrected chi connectivity index (χ4v) is 3.87. The summed E-state index contributed by atoms with van der Waals surface area (Å²) in [5.41, 5.74) is 2.70. The van der Waals surface area contributed by atoms with Gasteiger partial charge in [-0.2, -0.15) is 0 Å². The lowest BCUT2D eigenvalue weighted by molar-refractivity contribution is 0.0954. The number of carbonyl (C=O) groups excluding carboxylic acids is 1. The van der Waals surface area contributed by atoms with Crippen LogP contribution in [-0.4, -0.2) is 22.0 Å². The number of amides is 1. The molecule has 0 unspecified atom stereocenters. The van der Waals surface area contributed by atoms with E-state index in [0.29, 0.717) is 23.6 Å². The second-order valence-electron chi connectivity index (χ2n) is 7.42. The van der Waals surface area contributed by atoms with Crippen LogP contribution in [0.1, 0.15) is 61.6 Å². The maximum absolute atomic E-state index is 12.4. The van der Waals surface area contributed by atoms with Crippen molar-refractivity contribution < 1.29 is 4.79 Å². The number of fused-ring (bicyclic) bond motifs is 1. The minimum Gasteiger partial charge on any atom is -0.352 e. The molecule has 2 aromatic carbocycles. The fraction of sp³-hybridized carbons (Fsp3) is 0.417. The number of rotatable bonds is 11. The highest BCUT2D eigenvalue weighted by molar-refractivity contribution is 6.33. The topological polar surface area (TPSA) is 46.9 Å². The Balaban J connectivity index is 1.61. The highest BCUT2D eigenvalue weighted by Crippen LogP contribution is 2.18. The van der Waals surface area contributed by atoms with Gasteiger partial charge in [0.05, 0.1) is 21.6 Å². The van der Waals surface area contributed by atoms with E-state index in [0.717, 1.165) is 24.3 Å². The van der Waals surface area contributed by atoms with Gasteiger partial charge in [-0.3, -0.25) is 4.79 Å². The number of halogens is 1. The number of benzene rings is 2. The van der Waals surface area contributed by atoms with E-state index in [1.165, 1.54) is 37.6 Å². The number of unbranched alkanes of at least 4 members (excludes halogenated alkanes) is 5. The smallest absolute Gasteiger partial charge is 0.252 e. The second kappa shape index (κ2) is 11.0. The SMILES string of the molecule is CCCCCCCCn1c(CCNC(=O)c2ccccc2Cl)nc2ccccc21. The Morgan fingerprint density at radius 1 is 1.00 bits per heavy atom. The van der Waals surface area contributed by atoms with Crippen LogP contribution in [-0.2, 0) is 13.0 Å². The molecule has 154 valence electrons. The average Bonchev–Trinajstić information content (AvgIpc) is 3.08. The molecule has 5 heteroatoms. The van der Waals surface area contributed by atoms with Crippen molar-refractivity contribution in [3.8, 4) is 0 Å². The molecule has 4 nitrogen and oxygen atoms in total. The minimum absolute atomic E-state index is 0.144. The molecule has 0 bridgehead atoms. The molecular formula is C24H30ClN3O. The third-order valence-corrected chi connectivity index (χ3v) is 5.55. The molecule has 1 aromatic heterocycles. The first-order chi connectivity index (χ1) is 14.2. The van der Waals surface area contributed by atoms with Crippen molar-refractivity contribution in [2.75, 3.05) is 6.54 Å². The van der Waals surface area contributed by atoms with Crippen molar-refractivity contribution in [1.29, 1.82) is 0 Å². The Hall–Kier alpha value is -2.33. The summed E-state index contributed by atoms with van der Waals surface area (Å²) in [6, 6.07) is 15.4. The first-order valence-corrected chi connectivity index (χ1v) is 11.1. The number of nitrogens with one attached hydrogen (secondary N) is 1. The molecule has 1 N–H and O–H groups in total. The van der Waals surface area contributed by atoms with E-state index in [4.69, 9.17) is 16.6 Å². The van der Waals surface area contributed by atoms with Crippen molar-refractivity contribution in [2.24, 2.45) is 0 Å². The van der Waals surface area contributed by atoms with Crippen LogP contribution in [0.25, 0.3) is 11.0 Å². The number of aromatic nitrogens is 2. The van der Waals surface area contributed by atoms with E-state index >= 15 is 0 Å². The molecule has 0 saturated heterocycles. The van der Waals surface area contributed by atoms with E-state index in [2.05, 4.69) is 35.0 Å². The lowest BCUT2D eigenvalue weighted by atomic mass is 10.1. The predicted octanol–water partition coefficient (Wildman–Crippen LogP) is 6.02. The number of aryl methyl sites for hydroxylation is 1. The first-order valence-electron chi connectivity index (χ1n) is 10.7. The van der Waals surface area contributed by atoms with E-state index in [-0.39, 0.29) is 5.91 Å². The van der Waals surface area contributed by atoms with Crippen molar-refractivity contribution in [2.45, 2.75) is 58.4 Å². The Kier molecular flexibility index (Phi) is 8.12. The first kappa shape index (κ1) is 21.4. The quantitative estimate of drug-likeness (QED) is 0.392. The Morgan fingerprint density at radius 2 is 1.72 bits per heavy atom. The molecule has 0 radical (unpaired) electrons. The summed E-state index contributed by atoms with van der Waals surface area (Å²) in [7, 11) is 0. The maximum Gasteiger partial charge on any atom is 0.252 e. The fourth-order valence-electron chi connectivity index (χ4n) is 3.64. The van der Waals surface area contributed by atoms with Crippen LogP contribution < -0.4 is 5.32 Å². The zero-order chi connectivity index (χ0) is 20.5. The third-order valence-electron chi connectivity index (χ3n) is 5.22. The van der Waals surface area contributed by atoms with Crippen molar-refractivity contribution in [3.05, 3.63) is 64.9 Å². The molecule has 3 aromatic rings. The van der Waals surface area contributed by atoms with Crippen LogP contribution in [0.4, 0.5) is 0 Å². The lowest BCUT2D eigenvalue weighted by Gasteiger charge is -2.10. The highest BCUT2D eigenvalue weighted by atomic mass is 35.5. The van der Waals surface area contributed by atoms with Gasteiger partial charge in [-0.05, 0) is 30.7 Å². The number of imidazole rings is 1. The molecule has 0 fully saturated rings. The second-order valence-corrected chi connectivity index (χ2v) is 7.83. The van der Waals surface area contributed by atoms with E-state index in [9.17, 15) is 4.79 Å². The van der Waals surface area contributed by atoms with Crippen LogP contribution in [0, 0.1) is 0 Å².